The van der Waals surface area contributed by atoms with Gasteiger partial charge < -0.3 is 58.5 Å². The third-order valence-electron chi connectivity index (χ3n) is 14.2. The molecule has 3 fully saturated rings. The van der Waals surface area contributed by atoms with Gasteiger partial charge in [0.2, 0.25) is 0 Å². The van der Waals surface area contributed by atoms with Crippen LogP contribution in [-0.2, 0) is 49.4 Å². The van der Waals surface area contributed by atoms with E-state index in [4.69, 9.17) is 33.2 Å². The Bertz CT molecular complexity index is 1810. The van der Waals surface area contributed by atoms with Gasteiger partial charge in [-0.05, 0) is 97.3 Å². The van der Waals surface area contributed by atoms with Crippen molar-refractivity contribution in [1.29, 1.82) is 0 Å². The topological polar surface area (TPSA) is 183 Å². The van der Waals surface area contributed by atoms with E-state index in [1.54, 1.807) is 41.5 Å². The van der Waals surface area contributed by atoms with Crippen molar-refractivity contribution in [3.63, 3.8) is 0 Å². The summed E-state index contributed by atoms with van der Waals surface area (Å²) in [7, 11) is 5.29. The molecule has 350 valence electrons. The molecule has 62 heavy (non-hydrogen) atoms. The third-order valence-corrected chi connectivity index (χ3v) is 14.2. The van der Waals surface area contributed by atoms with Gasteiger partial charge in [-0.25, -0.2) is 0 Å². The number of cyclic esters (lactones) is 1. The molecule has 0 saturated carbocycles. The Hall–Kier alpha value is -2.60. The van der Waals surface area contributed by atoms with Gasteiger partial charge in [0, 0.05) is 37.3 Å². The van der Waals surface area contributed by atoms with Crippen molar-refractivity contribution < 1.29 is 63.2 Å². The Morgan fingerprint density at radius 1 is 0.839 bits per heavy atom. The summed E-state index contributed by atoms with van der Waals surface area (Å²) in [5.41, 5.74) is -3.57. The lowest BCUT2D eigenvalue weighted by atomic mass is 9.73. The number of esters is 1. The Kier molecular flexibility index (Phi) is 16.5. The number of ether oxygens (including phenoxy) is 7. The molecule has 0 spiro atoms. The summed E-state index contributed by atoms with van der Waals surface area (Å²) in [5.74, 6) is -4.70. The summed E-state index contributed by atoms with van der Waals surface area (Å²) in [5, 5.41) is 48.7. The van der Waals surface area contributed by atoms with Crippen molar-refractivity contribution in [2.45, 2.75) is 186 Å². The van der Waals surface area contributed by atoms with Crippen LogP contribution in [0.15, 0.2) is 42.5 Å². The number of fused-ring (bicyclic) bond motifs is 1. The monoisotopic (exact) mass is 874 g/mol. The van der Waals surface area contributed by atoms with Gasteiger partial charge >= 0.3 is 5.97 Å². The van der Waals surface area contributed by atoms with Crippen molar-refractivity contribution in [2.75, 3.05) is 21.2 Å². The van der Waals surface area contributed by atoms with Gasteiger partial charge in [0.15, 0.2) is 12.6 Å². The second-order valence-corrected chi connectivity index (χ2v) is 19.4. The first-order valence-corrected chi connectivity index (χ1v) is 22.4. The molecule has 4 N–H and O–H groups in total. The summed E-state index contributed by atoms with van der Waals surface area (Å²) in [6.45, 7) is 17.3. The predicted molar refractivity (Wildman–Crippen MR) is 233 cm³/mol. The molecule has 14 nitrogen and oxygen atoms in total. The molecule has 3 heterocycles. The number of aliphatic hydroxyl groups is 4. The lowest BCUT2D eigenvalue weighted by Crippen LogP contribution is -2.61. The fourth-order valence-corrected chi connectivity index (χ4v) is 10.1. The lowest BCUT2D eigenvalue weighted by molar-refractivity contribution is -0.321. The molecule has 0 bridgehead atoms. The van der Waals surface area contributed by atoms with Crippen LogP contribution in [0.25, 0.3) is 10.8 Å². The molecule has 14 heteroatoms. The quantitative estimate of drug-likeness (QED) is 0.230. The number of Topliss-reactive ketones (excluding diaryl/α,β-unsaturated/α-hetero) is 1. The van der Waals surface area contributed by atoms with E-state index in [9.17, 15) is 30.0 Å². The van der Waals surface area contributed by atoms with Gasteiger partial charge in [-0.2, -0.15) is 0 Å². The van der Waals surface area contributed by atoms with E-state index in [1.165, 1.54) is 14.0 Å². The molecule has 3 saturated heterocycles. The van der Waals surface area contributed by atoms with E-state index in [1.807, 2.05) is 82.2 Å². The van der Waals surface area contributed by atoms with Crippen LogP contribution in [0.3, 0.4) is 0 Å². The van der Waals surface area contributed by atoms with Crippen molar-refractivity contribution in [1.82, 2.24) is 4.90 Å². The highest BCUT2D eigenvalue weighted by Gasteiger charge is 2.54. The van der Waals surface area contributed by atoms with E-state index >= 15 is 0 Å². The first-order chi connectivity index (χ1) is 29.0. The average Bonchev–Trinajstić information content (AvgIpc) is 3.23. The number of carbonyl (C=O) groups is 2. The maximum atomic E-state index is 14.5. The maximum Gasteiger partial charge on any atom is 0.311 e. The zero-order valence-corrected chi connectivity index (χ0v) is 39.1. The molecule has 18 atom stereocenters. The molecular formula is C48H75NO13. The first kappa shape index (κ1) is 50.4. The molecular weight excluding hydrogens is 799 g/mol. The summed E-state index contributed by atoms with van der Waals surface area (Å²) >= 11 is 0. The second-order valence-electron chi connectivity index (χ2n) is 19.4. The van der Waals surface area contributed by atoms with Crippen molar-refractivity contribution in [3.05, 3.63) is 48.0 Å². The van der Waals surface area contributed by atoms with E-state index in [2.05, 4.69) is 0 Å². The van der Waals surface area contributed by atoms with Crippen LogP contribution in [-0.4, -0.2) is 143 Å². The number of nitrogens with zero attached hydrogens (tertiary/aromatic N) is 1. The highest BCUT2D eigenvalue weighted by molar-refractivity contribution is 5.84. The molecule has 3 aliphatic heterocycles. The van der Waals surface area contributed by atoms with Crippen LogP contribution in [0.4, 0.5) is 0 Å². The number of rotatable bonds is 10. The van der Waals surface area contributed by atoms with E-state index in [0.717, 1.165) is 16.3 Å². The summed E-state index contributed by atoms with van der Waals surface area (Å²) in [4.78, 5) is 30.9. The molecule has 0 radical (unpaired) electrons. The summed E-state index contributed by atoms with van der Waals surface area (Å²) in [6, 6.07) is 13.7. The molecule has 2 aromatic carbocycles. The zero-order chi connectivity index (χ0) is 46.1. The van der Waals surface area contributed by atoms with Crippen LogP contribution in [0, 0.1) is 23.7 Å². The average molecular weight is 874 g/mol. The number of likely N-dealkylation sites (N-methyl/N-ethyl adjacent to an activating group) is 1. The minimum Gasteiger partial charge on any atom is -0.459 e. The highest BCUT2D eigenvalue weighted by Crippen LogP contribution is 2.42. The van der Waals surface area contributed by atoms with Crippen molar-refractivity contribution >= 4 is 22.5 Å². The van der Waals surface area contributed by atoms with Crippen LogP contribution < -0.4 is 0 Å². The van der Waals surface area contributed by atoms with Crippen LogP contribution in [0.1, 0.15) is 100 Å². The normalized spacial score (nSPS) is 43.0. The Morgan fingerprint density at radius 2 is 1.50 bits per heavy atom. The Balaban J connectivity index is 1.69. The van der Waals surface area contributed by atoms with Crippen molar-refractivity contribution in [3.8, 4) is 0 Å². The molecule has 2 aromatic rings. The number of hydrogen-bond donors (Lipinski definition) is 4. The maximum absolute atomic E-state index is 14.5. The molecule has 3 aliphatic rings. The third kappa shape index (κ3) is 10.7. The summed E-state index contributed by atoms with van der Waals surface area (Å²) < 4.78 is 45.6. The minimum absolute atomic E-state index is 0.0662. The number of hydrogen-bond acceptors (Lipinski definition) is 14. The number of methoxy groups -OCH3 is 1. The van der Waals surface area contributed by atoms with Crippen molar-refractivity contribution in [2.24, 2.45) is 23.7 Å². The van der Waals surface area contributed by atoms with Crippen LogP contribution in [0.2, 0.25) is 0 Å². The fraction of sp³-hybridized carbons (Fsp3) is 0.750. The highest BCUT2D eigenvalue weighted by atomic mass is 16.7. The van der Waals surface area contributed by atoms with Gasteiger partial charge in [-0.3, -0.25) is 9.59 Å². The lowest BCUT2D eigenvalue weighted by Gasteiger charge is -2.50. The fourth-order valence-electron chi connectivity index (χ4n) is 10.1. The minimum atomic E-state index is -2.00. The van der Waals surface area contributed by atoms with Crippen LogP contribution >= 0.6 is 0 Å². The van der Waals surface area contributed by atoms with Gasteiger partial charge in [0.25, 0.3) is 0 Å². The number of carbonyl (C=O) groups excluding carboxylic acids is 2. The van der Waals surface area contributed by atoms with E-state index in [0.29, 0.717) is 6.42 Å². The molecule has 2 unspecified atom stereocenters. The second kappa shape index (κ2) is 20.3. The number of aliphatic hydroxyl groups excluding tert-OH is 3. The van der Waals surface area contributed by atoms with Gasteiger partial charge in [0.05, 0.1) is 54.2 Å². The van der Waals surface area contributed by atoms with E-state index < -0.39 is 102 Å². The molecule has 0 aliphatic carbocycles. The molecule has 5 rings (SSSR count). The molecule has 0 aromatic heterocycles. The van der Waals surface area contributed by atoms with Gasteiger partial charge in [-0.15, -0.1) is 0 Å². The van der Waals surface area contributed by atoms with E-state index in [-0.39, 0.29) is 43.8 Å². The SMILES string of the molecule is CCC1OC(=O)[C@H](C)C(O[C@H]2C[C@@](C)(OC)[C@@H](O)[C@H](C)O2)[C@H](C)[C@@H](O[C@@H]2O[C@H](C)C[C@H](N(C)C)[C@H]2O)[C@](C)(OCc2ccc3ccccc3c2)C[C@@H](C)C(=O)[C@H](C)[C@@H](O)[C@]1(C)O. The van der Waals surface area contributed by atoms with Crippen LogP contribution in [0.5, 0.6) is 0 Å². The standard InChI is InChI=1S/C48H75NO13/c1-14-36-48(10,55)41(52)28(4)38(50)26(2)23-47(9,57-25-32-19-20-33-17-15-16-18-34(33)22-32)43(62-45-39(51)35(49(11)12)21-27(3)58-45)29(5)40(30(6)44(54)60-36)61-37-24-46(8,56-13)42(53)31(7)59-37/h15-20,22,26-31,35-37,39-43,45,51-53,55H,14,21,23-25H2,1-13H3/t26-,27-,28+,29+,30-,31+,35+,36?,37+,39-,40?,41-,42+,43-,45+,46-,47-,48-/m1/s1. The zero-order valence-electron chi connectivity index (χ0n) is 39.1. The Labute approximate surface area is 368 Å². The predicted octanol–water partition coefficient (Wildman–Crippen LogP) is 5.16. The summed E-state index contributed by atoms with van der Waals surface area (Å²) in [6.07, 6.45) is -9.24. The van der Waals surface area contributed by atoms with Gasteiger partial charge in [-0.1, -0.05) is 64.1 Å². The number of benzene rings is 2. The Morgan fingerprint density at radius 3 is 2.13 bits per heavy atom. The molecule has 0 amide bonds. The number of ketones is 1. The first-order valence-electron chi connectivity index (χ1n) is 22.4. The van der Waals surface area contributed by atoms with Gasteiger partial charge in [0.1, 0.15) is 29.7 Å². The smallest absolute Gasteiger partial charge is 0.311 e. The largest absolute Gasteiger partial charge is 0.459 e.